The summed E-state index contributed by atoms with van der Waals surface area (Å²) in [5.41, 5.74) is 7.61. The molecule has 2 atom stereocenters. The number of guanidine groups is 1. The van der Waals surface area contributed by atoms with Crippen LogP contribution < -0.4 is 16.0 Å². The van der Waals surface area contributed by atoms with Crippen LogP contribution in [0.4, 0.5) is 5.69 Å². The van der Waals surface area contributed by atoms with Gasteiger partial charge in [-0.2, -0.15) is 0 Å². The number of nitrogens with zero attached hydrogens (tertiary/aromatic N) is 3. The molecule has 0 bridgehead atoms. The summed E-state index contributed by atoms with van der Waals surface area (Å²) in [6, 6.07) is 7.49. The third kappa shape index (κ3) is 4.87. The van der Waals surface area contributed by atoms with Gasteiger partial charge in [0, 0.05) is 47.0 Å². The molecule has 2 fully saturated rings. The molecule has 1 aromatic rings. The number of halogens is 1. The summed E-state index contributed by atoms with van der Waals surface area (Å²) in [4.78, 5) is 21.6. The van der Waals surface area contributed by atoms with Gasteiger partial charge in [0.1, 0.15) is 6.54 Å². The molecule has 4 N–H and O–H groups in total. The number of nitrogens with one attached hydrogen (secondary N) is 1. The number of hydrogen-bond donors (Lipinski definition) is 3. The monoisotopic (exact) mass is 509 g/mol. The lowest BCUT2D eigenvalue weighted by Crippen LogP contribution is -2.54. The van der Waals surface area contributed by atoms with Gasteiger partial charge >= 0.3 is 0 Å². The number of aliphatic hydroxyl groups is 1. The Balaban J connectivity index is 1.46. The Morgan fingerprint density at radius 3 is 2.68 bits per heavy atom. The van der Waals surface area contributed by atoms with Crippen LogP contribution >= 0.6 is 15.9 Å². The Bertz CT molecular complexity index is 945. The molecule has 31 heavy (non-hydrogen) atoms. The Kier molecular flexibility index (Phi) is 6.52. The summed E-state index contributed by atoms with van der Waals surface area (Å²) in [5.74, 6) is 0.769. The number of rotatable bonds is 6. The van der Waals surface area contributed by atoms with Crippen molar-refractivity contribution in [1.29, 1.82) is 0 Å². The second-order valence-electron chi connectivity index (χ2n) is 8.33. The van der Waals surface area contributed by atoms with E-state index in [9.17, 15) is 14.1 Å². The quantitative estimate of drug-likeness (QED) is 0.393. The van der Waals surface area contributed by atoms with Crippen molar-refractivity contribution in [2.45, 2.75) is 37.8 Å². The van der Waals surface area contributed by atoms with Gasteiger partial charge in [-0.1, -0.05) is 15.9 Å². The number of nitrogens with two attached hydrogens (primary N) is 1. The molecule has 2 aliphatic heterocycles. The van der Waals surface area contributed by atoms with E-state index >= 15 is 0 Å². The van der Waals surface area contributed by atoms with E-state index in [4.69, 9.17) is 5.73 Å². The highest BCUT2D eigenvalue weighted by Crippen LogP contribution is 2.37. The summed E-state index contributed by atoms with van der Waals surface area (Å²) in [6.45, 7) is 3.28. The van der Waals surface area contributed by atoms with E-state index in [0.717, 1.165) is 33.6 Å². The Hall–Kier alpha value is -1.75. The minimum Gasteiger partial charge on any atom is -0.394 e. The van der Waals surface area contributed by atoms with Crippen LogP contribution in [0, 0.1) is 0 Å². The Labute approximate surface area is 193 Å². The maximum atomic E-state index is 12.7. The molecule has 1 amide bonds. The van der Waals surface area contributed by atoms with Gasteiger partial charge in [0.05, 0.1) is 28.0 Å². The number of anilines is 1. The van der Waals surface area contributed by atoms with Crippen LogP contribution in [0.25, 0.3) is 0 Å². The van der Waals surface area contributed by atoms with Crippen molar-refractivity contribution in [1.82, 2.24) is 10.2 Å². The molecule has 0 aromatic heterocycles. The molecule has 3 aliphatic rings. The molecule has 1 aromatic carbocycles. The van der Waals surface area contributed by atoms with Crippen molar-refractivity contribution in [2.75, 3.05) is 36.9 Å². The molecule has 2 heterocycles. The molecule has 8 nitrogen and oxygen atoms in total. The summed E-state index contributed by atoms with van der Waals surface area (Å²) in [5, 5.41) is 13.0. The maximum absolute atomic E-state index is 12.7. The topological polar surface area (TPSA) is 111 Å². The van der Waals surface area contributed by atoms with Crippen LogP contribution in [-0.4, -0.2) is 69.7 Å². The number of hydrogen-bond acceptors (Lipinski definition) is 5. The third-order valence-electron chi connectivity index (χ3n) is 6.06. The van der Waals surface area contributed by atoms with E-state index in [2.05, 4.69) is 26.2 Å². The van der Waals surface area contributed by atoms with Crippen LogP contribution in [0.5, 0.6) is 0 Å². The van der Waals surface area contributed by atoms with Crippen LogP contribution in [0.3, 0.4) is 0 Å². The number of benzene rings is 1. The number of amides is 1. The van der Waals surface area contributed by atoms with Crippen LogP contribution in [0.1, 0.15) is 26.2 Å². The fraction of sp³-hybridized carbons (Fsp3) is 0.524. The highest BCUT2D eigenvalue weighted by atomic mass is 79.9. The molecular formula is C21H28BrN5O3S. The molecule has 0 spiro atoms. The zero-order valence-corrected chi connectivity index (χ0v) is 19.9. The lowest BCUT2D eigenvalue weighted by molar-refractivity contribution is -0.120. The average Bonchev–Trinajstić information content (AvgIpc) is 3.43. The predicted molar refractivity (Wildman–Crippen MR) is 126 cm³/mol. The van der Waals surface area contributed by atoms with Crippen molar-refractivity contribution >= 4 is 44.3 Å². The number of aliphatic imine (C=N–C) groups is 1. The van der Waals surface area contributed by atoms with E-state index in [1.807, 2.05) is 31.2 Å². The van der Waals surface area contributed by atoms with Crippen molar-refractivity contribution in [3.05, 3.63) is 39.3 Å². The van der Waals surface area contributed by atoms with Gasteiger partial charge < -0.3 is 26.0 Å². The molecule has 2 unspecified atom stereocenters. The molecule has 4 rings (SSSR count). The summed E-state index contributed by atoms with van der Waals surface area (Å²) in [7, 11) is -1.12. The minimum absolute atomic E-state index is 0.0374. The minimum atomic E-state index is -1.12. The molecular weight excluding hydrogens is 482 g/mol. The van der Waals surface area contributed by atoms with Gasteiger partial charge in [-0.25, -0.2) is 4.99 Å². The van der Waals surface area contributed by atoms with Crippen molar-refractivity contribution < 1.29 is 14.1 Å². The fourth-order valence-corrected chi connectivity index (χ4v) is 5.83. The van der Waals surface area contributed by atoms with E-state index < -0.39 is 10.8 Å². The number of aliphatic hydroxyl groups excluding tert-OH is 1. The van der Waals surface area contributed by atoms with Gasteiger partial charge in [-0.05, 0) is 44.0 Å². The zero-order chi connectivity index (χ0) is 22.2. The Morgan fingerprint density at radius 1 is 1.35 bits per heavy atom. The van der Waals surface area contributed by atoms with E-state index in [0.29, 0.717) is 25.3 Å². The lowest BCUT2D eigenvalue weighted by atomic mass is 10.2. The first-order chi connectivity index (χ1) is 14.8. The van der Waals surface area contributed by atoms with E-state index in [1.165, 1.54) is 0 Å². The average molecular weight is 510 g/mol. The van der Waals surface area contributed by atoms with Crippen LogP contribution in [0.2, 0.25) is 0 Å². The van der Waals surface area contributed by atoms with Crippen molar-refractivity contribution in [3.8, 4) is 0 Å². The largest absolute Gasteiger partial charge is 0.394 e. The Morgan fingerprint density at radius 2 is 2.06 bits per heavy atom. The van der Waals surface area contributed by atoms with Gasteiger partial charge in [0.15, 0.2) is 5.96 Å². The zero-order valence-electron chi connectivity index (χ0n) is 17.5. The first-order valence-electron chi connectivity index (χ1n) is 10.5. The van der Waals surface area contributed by atoms with Gasteiger partial charge in [0.2, 0.25) is 5.91 Å². The lowest BCUT2D eigenvalue weighted by Gasteiger charge is -2.35. The normalized spacial score (nSPS) is 24.7. The highest BCUT2D eigenvalue weighted by Gasteiger charge is 2.44. The predicted octanol–water partition coefficient (Wildman–Crippen LogP) is 1.28. The molecule has 168 valence electrons. The summed E-state index contributed by atoms with van der Waals surface area (Å²) >= 11 is 3.41. The molecule has 1 saturated heterocycles. The number of piperazine rings is 1. The number of carbonyl (C=O) groups is 1. The maximum Gasteiger partial charge on any atom is 0.246 e. The second kappa shape index (κ2) is 9.01. The first kappa shape index (κ1) is 22.4. The smallest absolute Gasteiger partial charge is 0.246 e. The van der Waals surface area contributed by atoms with E-state index in [-0.39, 0.29) is 36.6 Å². The molecule has 1 saturated carbocycles. The van der Waals surface area contributed by atoms with E-state index in [1.54, 1.807) is 9.80 Å². The molecule has 1 aliphatic carbocycles. The van der Waals surface area contributed by atoms with Gasteiger partial charge in [-0.3, -0.25) is 9.00 Å². The van der Waals surface area contributed by atoms with Gasteiger partial charge in [0.25, 0.3) is 0 Å². The summed E-state index contributed by atoms with van der Waals surface area (Å²) < 4.78 is 13.6. The highest BCUT2D eigenvalue weighted by molar-refractivity contribution is 9.10. The standard InChI is InChI=1S/C21H28BrN5O3S/c1-14(25-21(13-28)7-8-21)19-17(6-11-31(19)30)24-20(23)26-9-10-27(18(29)12-26)16-4-2-15(22)3-5-16/h2-5,14,25,28H,6-13H2,1H3,(H2,23,24). The fourth-order valence-electron chi connectivity index (χ4n) is 4.11. The SMILES string of the molecule is CC(NC1(CO)CC1)C1=C(N=C(N)N2CCN(c3ccc(Br)cc3)C(=O)C2)CCS1=O. The number of allylic oxidation sites excluding steroid dienone is 1. The van der Waals surface area contributed by atoms with Crippen LogP contribution in [0.15, 0.2) is 44.3 Å². The van der Waals surface area contributed by atoms with Crippen molar-refractivity contribution in [3.63, 3.8) is 0 Å². The summed E-state index contributed by atoms with van der Waals surface area (Å²) in [6.07, 6.45) is 2.42. The van der Waals surface area contributed by atoms with Crippen molar-refractivity contribution in [2.24, 2.45) is 10.7 Å². The molecule has 0 radical (unpaired) electrons. The molecule has 10 heteroatoms. The van der Waals surface area contributed by atoms with Crippen LogP contribution in [-0.2, 0) is 15.6 Å². The third-order valence-corrected chi connectivity index (χ3v) is 8.24. The number of carbonyl (C=O) groups excluding carboxylic acids is 1. The van der Waals surface area contributed by atoms with Gasteiger partial charge in [-0.15, -0.1) is 0 Å². The second-order valence-corrected chi connectivity index (χ2v) is 10.8. The first-order valence-corrected chi connectivity index (χ1v) is 12.6.